The Kier molecular flexibility index (Phi) is 4.27. The van der Waals surface area contributed by atoms with Gasteiger partial charge in [-0.3, -0.25) is 4.90 Å². The predicted octanol–water partition coefficient (Wildman–Crippen LogP) is 2.66. The second-order valence-corrected chi connectivity index (χ2v) is 6.89. The molecule has 0 N–H and O–H groups in total. The Morgan fingerprint density at radius 2 is 1.72 bits per heavy atom. The van der Waals surface area contributed by atoms with Crippen molar-refractivity contribution < 1.29 is 0 Å². The highest BCUT2D eigenvalue weighted by molar-refractivity contribution is 7.71. The van der Waals surface area contributed by atoms with Gasteiger partial charge in [-0.05, 0) is 44.3 Å². The number of nitrogens with zero attached hydrogens (tertiary/aromatic N) is 6. The third kappa shape index (κ3) is 3.17. The number of para-hydroxylation sites is 1. The molecule has 1 aliphatic heterocycles. The van der Waals surface area contributed by atoms with Gasteiger partial charge >= 0.3 is 0 Å². The lowest BCUT2D eigenvalue weighted by molar-refractivity contribution is 0.190. The van der Waals surface area contributed by atoms with Crippen molar-refractivity contribution in [2.24, 2.45) is 0 Å². The fourth-order valence-corrected chi connectivity index (χ4v) is 3.68. The third-order valence-electron chi connectivity index (χ3n) is 4.70. The summed E-state index contributed by atoms with van der Waals surface area (Å²) >= 11 is 5.48. The Bertz CT molecular complexity index is 937. The van der Waals surface area contributed by atoms with Crippen molar-refractivity contribution in [3.05, 3.63) is 52.6 Å². The van der Waals surface area contributed by atoms with Gasteiger partial charge in [0.25, 0.3) is 5.78 Å². The molecule has 6 nitrogen and oxygen atoms in total. The van der Waals surface area contributed by atoms with Crippen LogP contribution >= 0.6 is 12.2 Å². The van der Waals surface area contributed by atoms with Crippen LogP contribution < -0.4 is 4.90 Å². The Balaban J connectivity index is 1.52. The van der Waals surface area contributed by atoms with Gasteiger partial charge in [-0.2, -0.15) is 4.98 Å². The number of benzene rings is 1. The number of aromatic nitrogens is 4. The zero-order valence-electron chi connectivity index (χ0n) is 14.6. The predicted molar refractivity (Wildman–Crippen MR) is 102 cm³/mol. The summed E-state index contributed by atoms with van der Waals surface area (Å²) in [6.45, 7) is 8.84. The molecule has 1 saturated heterocycles. The molecule has 0 aliphatic carbocycles. The molecule has 7 heteroatoms. The molecule has 3 heterocycles. The van der Waals surface area contributed by atoms with Crippen molar-refractivity contribution in [1.29, 1.82) is 0 Å². The van der Waals surface area contributed by atoms with E-state index < -0.39 is 0 Å². The van der Waals surface area contributed by atoms with E-state index in [1.54, 1.807) is 0 Å². The first kappa shape index (κ1) is 16.2. The molecule has 1 aliphatic rings. The molecule has 130 valence electrons. The molecule has 25 heavy (non-hydrogen) atoms. The number of hydrogen-bond acceptors (Lipinski definition) is 5. The quantitative estimate of drug-likeness (QED) is 0.677. The van der Waals surface area contributed by atoms with Crippen LogP contribution in [0.5, 0.6) is 0 Å². The van der Waals surface area contributed by atoms with Crippen LogP contribution in [0.3, 0.4) is 0 Å². The number of fused-ring (bicyclic) bond motifs is 1. The van der Waals surface area contributed by atoms with E-state index in [2.05, 4.69) is 63.1 Å². The van der Waals surface area contributed by atoms with Crippen LogP contribution in [0.15, 0.2) is 36.4 Å². The Hall–Kier alpha value is -2.25. The summed E-state index contributed by atoms with van der Waals surface area (Å²) in [5, 5.41) is 0. The van der Waals surface area contributed by atoms with Gasteiger partial charge in [0.1, 0.15) is 0 Å². The molecule has 3 aromatic rings. The van der Waals surface area contributed by atoms with Crippen molar-refractivity contribution in [2.45, 2.75) is 20.5 Å². The standard InChI is InChI=1S/C18H22N6S/c1-14-12-15(2)24-17(19-14)20-18(25)23(24)13-21-8-10-22(11-9-21)16-6-4-3-5-7-16/h3-7,12H,8-11,13H2,1-2H3. The van der Waals surface area contributed by atoms with Crippen LogP contribution in [0.4, 0.5) is 5.69 Å². The van der Waals surface area contributed by atoms with E-state index in [0.29, 0.717) is 10.5 Å². The number of rotatable bonds is 3. The topological polar surface area (TPSA) is 41.6 Å². The maximum atomic E-state index is 5.48. The lowest BCUT2D eigenvalue weighted by Crippen LogP contribution is -2.47. The summed E-state index contributed by atoms with van der Waals surface area (Å²) in [5.41, 5.74) is 3.37. The average molecular weight is 354 g/mol. The molecule has 1 fully saturated rings. The summed E-state index contributed by atoms with van der Waals surface area (Å²) < 4.78 is 4.66. The number of anilines is 1. The molecule has 0 saturated carbocycles. The highest BCUT2D eigenvalue weighted by Crippen LogP contribution is 2.16. The van der Waals surface area contributed by atoms with Crippen LogP contribution in [0, 0.1) is 18.6 Å². The molecule has 0 bridgehead atoms. The van der Waals surface area contributed by atoms with Crippen molar-refractivity contribution in [1.82, 2.24) is 24.1 Å². The molecule has 2 aromatic heterocycles. The van der Waals surface area contributed by atoms with Gasteiger partial charge in [-0.25, -0.2) is 14.2 Å². The smallest absolute Gasteiger partial charge is 0.252 e. The van der Waals surface area contributed by atoms with Gasteiger partial charge in [0.05, 0.1) is 6.67 Å². The van der Waals surface area contributed by atoms with E-state index in [4.69, 9.17) is 12.2 Å². The van der Waals surface area contributed by atoms with Gasteiger partial charge < -0.3 is 4.90 Å². The van der Waals surface area contributed by atoms with Crippen molar-refractivity contribution in [2.75, 3.05) is 31.1 Å². The SMILES string of the molecule is Cc1cc(C)n2c(n1)nc(=S)n2CN1CCN(c2ccccc2)CC1. The van der Waals surface area contributed by atoms with Crippen LogP contribution in [0.1, 0.15) is 11.4 Å². The number of aryl methyl sites for hydroxylation is 2. The number of hydrogen-bond donors (Lipinski definition) is 0. The van der Waals surface area contributed by atoms with Crippen molar-refractivity contribution >= 4 is 23.7 Å². The zero-order chi connectivity index (χ0) is 17.4. The third-order valence-corrected chi connectivity index (χ3v) is 5.01. The van der Waals surface area contributed by atoms with Gasteiger partial charge in [-0.15, -0.1) is 0 Å². The van der Waals surface area contributed by atoms with Crippen LogP contribution in [-0.2, 0) is 6.67 Å². The summed E-state index contributed by atoms with van der Waals surface area (Å²) in [5.74, 6) is 0.686. The van der Waals surface area contributed by atoms with Crippen molar-refractivity contribution in [3.63, 3.8) is 0 Å². The molecule has 1 aromatic carbocycles. The van der Waals surface area contributed by atoms with E-state index in [9.17, 15) is 0 Å². The molecular formula is C18H22N6S. The van der Waals surface area contributed by atoms with Gasteiger partial charge in [0.2, 0.25) is 4.77 Å². The summed E-state index contributed by atoms with van der Waals surface area (Å²) in [4.78, 5) is 13.8. The van der Waals surface area contributed by atoms with Gasteiger partial charge in [-0.1, -0.05) is 18.2 Å². The fraction of sp³-hybridized carbons (Fsp3) is 0.389. The first-order valence-corrected chi connectivity index (χ1v) is 8.99. The summed E-state index contributed by atoms with van der Waals surface area (Å²) in [6, 6.07) is 12.7. The average Bonchev–Trinajstić information content (AvgIpc) is 2.92. The first-order chi connectivity index (χ1) is 12.1. The minimum absolute atomic E-state index is 0.590. The van der Waals surface area contributed by atoms with E-state index in [1.165, 1.54) is 5.69 Å². The zero-order valence-corrected chi connectivity index (χ0v) is 15.4. The van der Waals surface area contributed by atoms with E-state index in [-0.39, 0.29) is 0 Å². The highest BCUT2D eigenvalue weighted by Gasteiger charge is 2.19. The van der Waals surface area contributed by atoms with Crippen molar-refractivity contribution in [3.8, 4) is 0 Å². The molecular weight excluding hydrogens is 332 g/mol. The minimum atomic E-state index is 0.590. The van der Waals surface area contributed by atoms with Gasteiger partial charge in [0.15, 0.2) is 0 Å². The molecule has 0 atom stereocenters. The lowest BCUT2D eigenvalue weighted by Gasteiger charge is -2.36. The normalized spacial score (nSPS) is 15.8. The Morgan fingerprint density at radius 1 is 1.00 bits per heavy atom. The molecule has 4 rings (SSSR count). The highest BCUT2D eigenvalue weighted by atomic mass is 32.1. The first-order valence-electron chi connectivity index (χ1n) is 8.58. The van der Waals surface area contributed by atoms with Crippen LogP contribution in [0.25, 0.3) is 5.78 Å². The Labute approximate surface area is 152 Å². The maximum Gasteiger partial charge on any atom is 0.252 e. The van der Waals surface area contributed by atoms with Gasteiger partial charge in [0, 0.05) is 43.3 Å². The van der Waals surface area contributed by atoms with Crippen LogP contribution in [0.2, 0.25) is 0 Å². The molecule has 0 radical (unpaired) electrons. The molecule has 0 spiro atoms. The summed E-state index contributed by atoms with van der Waals surface area (Å²) in [7, 11) is 0. The molecule has 0 amide bonds. The van der Waals surface area contributed by atoms with E-state index in [1.807, 2.05) is 16.1 Å². The largest absolute Gasteiger partial charge is 0.369 e. The fourth-order valence-electron chi connectivity index (χ4n) is 3.46. The summed E-state index contributed by atoms with van der Waals surface area (Å²) in [6.07, 6.45) is 0. The minimum Gasteiger partial charge on any atom is -0.369 e. The Morgan fingerprint density at radius 3 is 2.44 bits per heavy atom. The second kappa shape index (κ2) is 6.57. The second-order valence-electron chi connectivity index (χ2n) is 6.53. The maximum absolute atomic E-state index is 5.48. The molecule has 0 unspecified atom stereocenters. The monoisotopic (exact) mass is 354 g/mol. The number of piperazine rings is 1. The van der Waals surface area contributed by atoms with Crippen LogP contribution in [-0.4, -0.2) is 50.2 Å². The lowest BCUT2D eigenvalue weighted by atomic mass is 10.2. The van der Waals surface area contributed by atoms with E-state index in [0.717, 1.165) is 44.2 Å². The van der Waals surface area contributed by atoms with E-state index >= 15 is 0 Å².